The van der Waals surface area contributed by atoms with E-state index in [-0.39, 0.29) is 18.1 Å². The van der Waals surface area contributed by atoms with Gasteiger partial charge >= 0.3 is 6.36 Å². The number of halogens is 4. The van der Waals surface area contributed by atoms with Crippen LogP contribution < -0.4 is 9.47 Å². The maximum Gasteiger partial charge on any atom is 0.573 e. The monoisotopic (exact) mass is 298 g/mol. The molecule has 0 aliphatic heterocycles. The molecular formula is C10H10BrF3O2. The van der Waals surface area contributed by atoms with Crippen molar-refractivity contribution in [3.8, 4) is 11.5 Å². The highest BCUT2D eigenvalue weighted by atomic mass is 79.9. The Bertz CT molecular complexity index is 352. The summed E-state index contributed by atoms with van der Waals surface area (Å²) in [6.45, 7) is 1.97. The largest absolute Gasteiger partial charge is 0.573 e. The molecule has 90 valence electrons. The van der Waals surface area contributed by atoms with Crippen molar-refractivity contribution in [2.24, 2.45) is 0 Å². The molecule has 0 aliphatic carbocycles. The van der Waals surface area contributed by atoms with Gasteiger partial charge in [-0.3, -0.25) is 0 Å². The minimum atomic E-state index is -4.71. The number of benzene rings is 1. The molecule has 2 nitrogen and oxygen atoms in total. The summed E-state index contributed by atoms with van der Waals surface area (Å²) in [5, 5.41) is 0.400. The molecule has 0 saturated carbocycles. The maximum atomic E-state index is 12.1. The van der Waals surface area contributed by atoms with E-state index in [9.17, 15) is 13.2 Å². The lowest BCUT2D eigenvalue weighted by molar-refractivity contribution is -0.275. The van der Waals surface area contributed by atoms with Gasteiger partial charge in [0.2, 0.25) is 0 Å². The van der Waals surface area contributed by atoms with Crippen molar-refractivity contribution >= 4 is 15.9 Å². The van der Waals surface area contributed by atoms with E-state index < -0.39 is 6.36 Å². The molecule has 6 heteroatoms. The molecule has 0 N–H and O–H groups in total. The number of para-hydroxylation sites is 1. The van der Waals surface area contributed by atoms with E-state index in [4.69, 9.17) is 4.74 Å². The Balaban J connectivity index is 3.06. The molecule has 16 heavy (non-hydrogen) atoms. The predicted molar refractivity (Wildman–Crippen MR) is 56.9 cm³/mol. The molecule has 0 heterocycles. The molecule has 0 aliphatic rings. The van der Waals surface area contributed by atoms with Crippen molar-refractivity contribution in [2.45, 2.75) is 18.6 Å². The fraction of sp³-hybridized carbons (Fsp3) is 0.400. The second-order valence-electron chi connectivity index (χ2n) is 2.86. The van der Waals surface area contributed by atoms with Gasteiger partial charge in [0.1, 0.15) is 0 Å². The predicted octanol–water partition coefficient (Wildman–Crippen LogP) is 3.88. The van der Waals surface area contributed by atoms with Crippen LogP contribution in [0.15, 0.2) is 18.2 Å². The van der Waals surface area contributed by atoms with Crippen molar-refractivity contribution in [2.75, 3.05) is 6.61 Å². The summed E-state index contributed by atoms with van der Waals surface area (Å²) in [7, 11) is 0. The van der Waals surface area contributed by atoms with Crippen LogP contribution in [0, 0.1) is 0 Å². The molecule has 0 amide bonds. The first-order valence-electron chi connectivity index (χ1n) is 4.54. The van der Waals surface area contributed by atoms with Crippen molar-refractivity contribution in [1.82, 2.24) is 0 Å². The SMILES string of the molecule is CCOc1c(CBr)cccc1OC(F)(F)F. The van der Waals surface area contributed by atoms with Crippen molar-refractivity contribution < 1.29 is 22.6 Å². The molecule has 0 saturated heterocycles. The van der Waals surface area contributed by atoms with E-state index in [1.807, 2.05) is 0 Å². The molecule has 0 radical (unpaired) electrons. The normalized spacial score (nSPS) is 11.3. The molecule has 1 aromatic carbocycles. The first-order valence-corrected chi connectivity index (χ1v) is 5.66. The van der Waals surface area contributed by atoms with Crippen LogP contribution in [0.1, 0.15) is 12.5 Å². The Labute approximate surface area is 99.5 Å². The zero-order valence-corrected chi connectivity index (χ0v) is 10.1. The van der Waals surface area contributed by atoms with E-state index in [0.717, 1.165) is 0 Å². The van der Waals surface area contributed by atoms with Gasteiger partial charge in [0.15, 0.2) is 11.5 Å². The minimum Gasteiger partial charge on any atom is -0.490 e. The molecule has 1 rings (SSSR count). The van der Waals surface area contributed by atoms with Gasteiger partial charge in [-0.2, -0.15) is 0 Å². The van der Waals surface area contributed by atoms with Crippen molar-refractivity contribution in [1.29, 1.82) is 0 Å². The smallest absolute Gasteiger partial charge is 0.490 e. The van der Waals surface area contributed by atoms with Crippen molar-refractivity contribution in [3.63, 3.8) is 0 Å². The molecule has 0 aromatic heterocycles. The number of ether oxygens (including phenoxy) is 2. The van der Waals surface area contributed by atoms with Crippen LogP contribution in [0.4, 0.5) is 13.2 Å². The molecule has 1 aromatic rings. The Morgan fingerprint density at radius 1 is 1.31 bits per heavy atom. The Morgan fingerprint density at radius 2 is 2.00 bits per heavy atom. The van der Waals surface area contributed by atoms with Gasteiger partial charge in [0.25, 0.3) is 0 Å². The zero-order valence-electron chi connectivity index (χ0n) is 8.47. The summed E-state index contributed by atoms with van der Waals surface area (Å²) in [5.41, 5.74) is 0.614. The fourth-order valence-electron chi connectivity index (χ4n) is 1.18. The van der Waals surface area contributed by atoms with Crippen LogP contribution >= 0.6 is 15.9 Å². The number of hydrogen-bond acceptors (Lipinski definition) is 2. The lowest BCUT2D eigenvalue weighted by Gasteiger charge is -2.15. The van der Waals surface area contributed by atoms with Crippen molar-refractivity contribution in [3.05, 3.63) is 23.8 Å². The molecule has 0 bridgehead atoms. The quantitative estimate of drug-likeness (QED) is 0.786. The van der Waals surface area contributed by atoms with Crippen LogP contribution in [-0.4, -0.2) is 13.0 Å². The van der Waals surface area contributed by atoms with Crippen LogP contribution in [-0.2, 0) is 5.33 Å². The third-order valence-corrected chi connectivity index (χ3v) is 2.32. The molecule has 0 atom stereocenters. The number of alkyl halides is 4. The summed E-state index contributed by atoms with van der Waals surface area (Å²) in [5.74, 6) is -0.189. The Morgan fingerprint density at radius 3 is 2.50 bits per heavy atom. The number of hydrogen-bond donors (Lipinski definition) is 0. The second kappa shape index (κ2) is 5.43. The maximum absolute atomic E-state index is 12.1. The fourth-order valence-corrected chi connectivity index (χ4v) is 1.62. The molecule has 0 spiro atoms. The second-order valence-corrected chi connectivity index (χ2v) is 3.42. The molecular weight excluding hydrogens is 289 g/mol. The van der Waals surface area contributed by atoms with Crippen LogP contribution in [0.2, 0.25) is 0 Å². The third-order valence-electron chi connectivity index (χ3n) is 1.72. The van der Waals surface area contributed by atoms with Gasteiger partial charge in [0, 0.05) is 10.9 Å². The molecule has 0 fully saturated rings. The highest BCUT2D eigenvalue weighted by Gasteiger charge is 2.32. The average Bonchev–Trinajstić information content (AvgIpc) is 2.18. The van der Waals surface area contributed by atoms with Gasteiger partial charge < -0.3 is 9.47 Å². The van der Waals surface area contributed by atoms with Crippen LogP contribution in [0.5, 0.6) is 11.5 Å². The summed E-state index contributed by atoms with van der Waals surface area (Å²) >= 11 is 3.18. The Kier molecular flexibility index (Phi) is 4.46. The highest BCUT2D eigenvalue weighted by Crippen LogP contribution is 2.36. The summed E-state index contributed by atoms with van der Waals surface area (Å²) in [6.07, 6.45) is -4.71. The van der Waals surface area contributed by atoms with E-state index >= 15 is 0 Å². The van der Waals surface area contributed by atoms with E-state index in [1.165, 1.54) is 12.1 Å². The third kappa shape index (κ3) is 3.59. The van der Waals surface area contributed by atoms with E-state index in [1.54, 1.807) is 13.0 Å². The van der Waals surface area contributed by atoms with Gasteiger partial charge in [-0.25, -0.2) is 0 Å². The lowest BCUT2D eigenvalue weighted by Crippen LogP contribution is -2.18. The van der Waals surface area contributed by atoms with E-state index in [0.29, 0.717) is 10.9 Å². The molecule has 0 unspecified atom stereocenters. The summed E-state index contributed by atoms with van der Waals surface area (Å²) in [6, 6.07) is 4.38. The van der Waals surface area contributed by atoms with Gasteiger partial charge in [0.05, 0.1) is 6.61 Å². The number of rotatable bonds is 4. The summed E-state index contributed by atoms with van der Waals surface area (Å²) in [4.78, 5) is 0. The Hall–Kier alpha value is -0.910. The van der Waals surface area contributed by atoms with Gasteiger partial charge in [-0.15, -0.1) is 13.2 Å². The summed E-state index contributed by atoms with van der Waals surface area (Å²) < 4.78 is 45.4. The zero-order chi connectivity index (χ0) is 12.2. The highest BCUT2D eigenvalue weighted by molar-refractivity contribution is 9.08. The lowest BCUT2D eigenvalue weighted by atomic mass is 10.2. The first kappa shape index (κ1) is 13.2. The van der Waals surface area contributed by atoms with Crippen LogP contribution in [0.25, 0.3) is 0 Å². The average molecular weight is 299 g/mol. The van der Waals surface area contributed by atoms with E-state index in [2.05, 4.69) is 20.7 Å². The van der Waals surface area contributed by atoms with Gasteiger partial charge in [-0.1, -0.05) is 28.1 Å². The topological polar surface area (TPSA) is 18.5 Å². The van der Waals surface area contributed by atoms with Crippen LogP contribution in [0.3, 0.4) is 0 Å². The minimum absolute atomic E-state index is 0.124. The van der Waals surface area contributed by atoms with Gasteiger partial charge in [-0.05, 0) is 13.0 Å². The standard InChI is InChI=1S/C10H10BrF3O2/c1-2-15-9-7(6-11)4-3-5-8(9)16-10(12,13)14/h3-5H,2,6H2,1H3. The first-order chi connectivity index (χ1) is 7.48.